The molecule has 0 radical (unpaired) electrons. The highest BCUT2D eigenvalue weighted by atomic mass is 35.5. The van der Waals surface area contributed by atoms with Crippen LogP contribution in [0.25, 0.3) is 11.8 Å². The molecule has 0 N–H and O–H groups in total. The number of hydrogen-bond acceptors (Lipinski definition) is 3. The van der Waals surface area contributed by atoms with E-state index in [9.17, 15) is 9.59 Å². The molecule has 1 amide bonds. The van der Waals surface area contributed by atoms with E-state index >= 15 is 0 Å². The molecule has 1 aliphatic rings. The number of nitrogens with zero attached hydrogens (tertiary/aromatic N) is 2. The topological polar surface area (TPSA) is 51.5 Å². The third-order valence-corrected chi connectivity index (χ3v) is 6.65. The Morgan fingerprint density at radius 2 is 1.63 bits per heavy atom. The fourth-order valence-corrected chi connectivity index (χ4v) is 4.90. The zero-order chi connectivity index (χ0) is 25.4. The number of ether oxygens (including phenoxy) is 1. The van der Waals surface area contributed by atoms with E-state index in [0.29, 0.717) is 22.0 Å². The number of carbonyl (C=O) groups is 2. The number of halogens is 1. The lowest BCUT2D eigenvalue weighted by Crippen LogP contribution is -2.24. The molecule has 0 saturated carbocycles. The largest absolute Gasteiger partial charge is 0.462 e. The first-order valence-electron chi connectivity index (χ1n) is 11.6. The standard InChI is InChI=1S/C29H29ClN2O3/c1-7-35-29(34)26-21(6)32(24-13-11-23(30)12-14-24)28(33)25(26)16-22-15-19(4)31(20(22)5)27-17(2)9-8-10-18(27)3/h8-16H,7H2,1-6H3/b25-16-. The molecular formula is C29H29ClN2O3. The number of anilines is 1. The second kappa shape index (κ2) is 9.59. The SMILES string of the molecule is CCOC(=O)C1=C(C)N(c2ccc(Cl)cc2)C(=O)/C1=C\c1cc(C)n(-c2c(C)cccc2C)c1C. The maximum atomic E-state index is 13.7. The summed E-state index contributed by atoms with van der Waals surface area (Å²) in [5.41, 5.74) is 8.15. The first kappa shape index (κ1) is 24.6. The van der Waals surface area contributed by atoms with E-state index in [1.54, 1.807) is 49.1 Å². The minimum atomic E-state index is -0.510. The molecule has 6 heteroatoms. The highest BCUT2D eigenvalue weighted by Crippen LogP contribution is 2.37. The third kappa shape index (κ3) is 4.32. The van der Waals surface area contributed by atoms with Crippen LogP contribution in [0.1, 0.15) is 41.9 Å². The van der Waals surface area contributed by atoms with Crippen molar-refractivity contribution in [3.8, 4) is 5.69 Å². The van der Waals surface area contributed by atoms with Gasteiger partial charge in [-0.2, -0.15) is 0 Å². The lowest BCUT2D eigenvalue weighted by molar-refractivity contribution is -0.138. The summed E-state index contributed by atoms with van der Waals surface area (Å²) in [6, 6.07) is 15.3. The molecule has 4 rings (SSSR count). The van der Waals surface area contributed by atoms with Crippen molar-refractivity contribution in [2.45, 2.75) is 41.5 Å². The van der Waals surface area contributed by atoms with Crippen LogP contribution in [-0.2, 0) is 14.3 Å². The Hall–Kier alpha value is -3.57. The van der Waals surface area contributed by atoms with Crippen LogP contribution in [0.3, 0.4) is 0 Å². The van der Waals surface area contributed by atoms with Gasteiger partial charge in [0.15, 0.2) is 0 Å². The molecule has 0 spiro atoms. The number of benzene rings is 2. The van der Waals surface area contributed by atoms with Gasteiger partial charge in [-0.3, -0.25) is 9.69 Å². The molecule has 180 valence electrons. The van der Waals surface area contributed by atoms with Crippen molar-refractivity contribution in [1.29, 1.82) is 0 Å². The number of esters is 1. The van der Waals surface area contributed by atoms with E-state index in [1.807, 2.05) is 26.0 Å². The highest BCUT2D eigenvalue weighted by molar-refractivity contribution is 6.30. The van der Waals surface area contributed by atoms with Gasteiger partial charge < -0.3 is 9.30 Å². The van der Waals surface area contributed by atoms with Gasteiger partial charge in [-0.25, -0.2) is 4.79 Å². The molecule has 0 atom stereocenters. The van der Waals surface area contributed by atoms with Gasteiger partial charge in [0, 0.05) is 27.8 Å². The number of amides is 1. The van der Waals surface area contributed by atoms with Crippen LogP contribution in [0.2, 0.25) is 5.02 Å². The molecule has 0 fully saturated rings. The summed E-state index contributed by atoms with van der Waals surface area (Å²) in [6.45, 7) is 12.0. The maximum absolute atomic E-state index is 13.7. The Balaban J connectivity index is 1.87. The fourth-order valence-electron chi connectivity index (χ4n) is 4.77. The number of hydrogen-bond donors (Lipinski definition) is 0. The number of aryl methyl sites for hydroxylation is 3. The summed E-state index contributed by atoms with van der Waals surface area (Å²) >= 11 is 6.05. The highest BCUT2D eigenvalue weighted by Gasteiger charge is 2.38. The van der Waals surface area contributed by atoms with Crippen LogP contribution in [-0.4, -0.2) is 23.1 Å². The first-order valence-corrected chi connectivity index (χ1v) is 12.0. The summed E-state index contributed by atoms with van der Waals surface area (Å²) in [7, 11) is 0. The average Bonchev–Trinajstić information content (AvgIpc) is 3.21. The molecular weight excluding hydrogens is 460 g/mol. The Kier molecular flexibility index (Phi) is 6.73. The molecule has 2 heterocycles. The second-order valence-corrected chi connectivity index (χ2v) is 9.19. The van der Waals surface area contributed by atoms with Gasteiger partial charge in [0.1, 0.15) is 0 Å². The summed E-state index contributed by atoms with van der Waals surface area (Å²) in [5, 5.41) is 0.572. The summed E-state index contributed by atoms with van der Waals surface area (Å²) in [4.78, 5) is 28.2. The maximum Gasteiger partial charge on any atom is 0.340 e. The van der Waals surface area contributed by atoms with Gasteiger partial charge in [-0.15, -0.1) is 0 Å². The molecule has 5 nitrogen and oxygen atoms in total. The molecule has 1 aliphatic heterocycles. The van der Waals surface area contributed by atoms with Crippen LogP contribution in [0, 0.1) is 27.7 Å². The van der Waals surface area contributed by atoms with Crippen molar-refractivity contribution in [3.05, 3.63) is 98.5 Å². The summed E-state index contributed by atoms with van der Waals surface area (Å²) in [6.07, 6.45) is 1.81. The smallest absolute Gasteiger partial charge is 0.340 e. The Labute approximate surface area is 211 Å². The average molecular weight is 489 g/mol. The van der Waals surface area contributed by atoms with E-state index in [1.165, 1.54) is 11.1 Å². The van der Waals surface area contributed by atoms with Gasteiger partial charge in [-0.1, -0.05) is 29.8 Å². The van der Waals surface area contributed by atoms with Crippen molar-refractivity contribution in [1.82, 2.24) is 4.57 Å². The number of allylic oxidation sites excluding steroid dienone is 1. The molecule has 0 aliphatic carbocycles. The normalized spacial score (nSPS) is 14.9. The van der Waals surface area contributed by atoms with Gasteiger partial charge in [0.25, 0.3) is 5.91 Å². The number of carbonyl (C=O) groups excluding carboxylic acids is 2. The van der Waals surface area contributed by atoms with Gasteiger partial charge >= 0.3 is 5.97 Å². The lowest BCUT2D eigenvalue weighted by Gasteiger charge is -2.18. The zero-order valence-electron chi connectivity index (χ0n) is 20.9. The van der Waals surface area contributed by atoms with Crippen molar-refractivity contribution >= 4 is 35.2 Å². The van der Waals surface area contributed by atoms with Crippen LogP contribution < -0.4 is 4.90 Å². The predicted molar refractivity (Wildman–Crippen MR) is 141 cm³/mol. The molecule has 0 saturated heterocycles. The fraction of sp³-hybridized carbons (Fsp3) is 0.241. The first-order chi connectivity index (χ1) is 16.6. The Bertz CT molecular complexity index is 1370. The van der Waals surface area contributed by atoms with Gasteiger partial charge in [0.2, 0.25) is 0 Å². The van der Waals surface area contributed by atoms with Gasteiger partial charge in [-0.05, 0) is 94.6 Å². The van der Waals surface area contributed by atoms with E-state index in [2.05, 4.69) is 30.5 Å². The molecule has 1 aromatic heterocycles. The quantitative estimate of drug-likeness (QED) is 0.299. The number of rotatable bonds is 5. The van der Waals surface area contributed by atoms with Crippen LogP contribution in [0.5, 0.6) is 0 Å². The molecule has 0 bridgehead atoms. The monoisotopic (exact) mass is 488 g/mol. The Morgan fingerprint density at radius 3 is 2.23 bits per heavy atom. The van der Waals surface area contributed by atoms with E-state index in [4.69, 9.17) is 16.3 Å². The van der Waals surface area contributed by atoms with Crippen molar-refractivity contribution in [2.24, 2.45) is 0 Å². The minimum Gasteiger partial charge on any atom is -0.462 e. The number of para-hydroxylation sites is 1. The van der Waals surface area contributed by atoms with Crippen LogP contribution in [0.15, 0.2) is 65.4 Å². The van der Waals surface area contributed by atoms with Crippen LogP contribution in [0.4, 0.5) is 5.69 Å². The van der Waals surface area contributed by atoms with Crippen molar-refractivity contribution in [2.75, 3.05) is 11.5 Å². The Morgan fingerprint density at radius 1 is 1.00 bits per heavy atom. The zero-order valence-corrected chi connectivity index (χ0v) is 21.7. The van der Waals surface area contributed by atoms with Crippen molar-refractivity contribution in [3.63, 3.8) is 0 Å². The van der Waals surface area contributed by atoms with E-state index in [0.717, 1.165) is 22.6 Å². The predicted octanol–water partition coefficient (Wildman–Crippen LogP) is 6.63. The summed E-state index contributed by atoms with van der Waals surface area (Å²) < 4.78 is 7.54. The molecule has 35 heavy (non-hydrogen) atoms. The number of aromatic nitrogens is 1. The van der Waals surface area contributed by atoms with Gasteiger partial charge in [0.05, 0.1) is 23.4 Å². The van der Waals surface area contributed by atoms with Crippen LogP contribution >= 0.6 is 11.6 Å². The minimum absolute atomic E-state index is 0.221. The second-order valence-electron chi connectivity index (χ2n) is 8.76. The lowest BCUT2D eigenvalue weighted by atomic mass is 10.0. The van der Waals surface area contributed by atoms with E-state index in [-0.39, 0.29) is 18.1 Å². The molecule has 2 aromatic carbocycles. The summed E-state index contributed by atoms with van der Waals surface area (Å²) in [5.74, 6) is -0.783. The third-order valence-electron chi connectivity index (χ3n) is 6.40. The molecule has 3 aromatic rings. The van der Waals surface area contributed by atoms with E-state index < -0.39 is 5.97 Å². The molecule has 0 unspecified atom stereocenters. The van der Waals surface area contributed by atoms with Crippen molar-refractivity contribution < 1.29 is 14.3 Å².